The molecule has 0 saturated carbocycles. The lowest BCUT2D eigenvalue weighted by molar-refractivity contribution is 0.429. The maximum Gasteiger partial charge on any atom is 0.279 e. The van der Waals surface area contributed by atoms with Gasteiger partial charge in [0.05, 0.1) is 4.90 Å². The van der Waals surface area contributed by atoms with Gasteiger partial charge >= 0.3 is 0 Å². The Labute approximate surface area is 127 Å². The number of sulfone groups is 1. The summed E-state index contributed by atoms with van der Waals surface area (Å²) in [5.74, 6) is 0. The zero-order valence-corrected chi connectivity index (χ0v) is 14.3. The monoisotopic (exact) mass is 334 g/mol. The SMILES string of the molecule is CCN(CC)S(=O)(=O)N[C@@H](C)c1ccc(S(C)(=O)=O)cc1. The van der Waals surface area contributed by atoms with E-state index in [2.05, 4.69) is 4.72 Å². The van der Waals surface area contributed by atoms with Gasteiger partial charge in [-0.2, -0.15) is 17.4 Å². The molecule has 0 amide bonds. The van der Waals surface area contributed by atoms with Crippen LogP contribution in [0.5, 0.6) is 0 Å². The number of hydrogen-bond donors (Lipinski definition) is 1. The van der Waals surface area contributed by atoms with E-state index in [0.717, 1.165) is 6.26 Å². The maximum atomic E-state index is 12.1. The second-order valence-corrected chi connectivity index (χ2v) is 8.49. The lowest BCUT2D eigenvalue weighted by atomic mass is 10.1. The first-order valence-electron chi connectivity index (χ1n) is 6.69. The Bertz CT molecular complexity index is 663. The Hall–Kier alpha value is -0.960. The van der Waals surface area contributed by atoms with E-state index >= 15 is 0 Å². The Morgan fingerprint density at radius 2 is 1.52 bits per heavy atom. The average Bonchev–Trinajstić information content (AvgIpc) is 2.38. The van der Waals surface area contributed by atoms with Crippen molar-refractivity contribution in [1.82, 2.24) is 9.03 Å². The highest BCUT2D eigenvalue weighted by atomic mass is 32.2. The van der Waals surface area contributed by atoms with Crippen LogP contribution < -0.4 is 4.72 Å². The summed E-state index contributed by atoms with van der Waals surface area (Å²) >= 11 is 0. The Morgan fingerprint density at radius 3 is 1.90 bits per heavy atom. The molecule has 0 aliphatic heterocycles. The smallest absolute Gasteiger partial charge is 0.224 e. The molecule has 1 aromatic rings. The third kappa shape index (κ3) is 4.77. The van der Waals surface area contributed by atoms with Gasteiger partial charge in [-0.05, 0) is 24.6 Å². The number of nitrogens with one attached hydrogen (secondary N) is 1. The molecule has 8 heteroatoms. The molecule has 0 saturated heterocycles. The number of benzene rings is 1. The zero-order chi connectivity index (χ0) is 16.3. The van der Waals surface area contributed by atoms with Crippen LogP contribution in [0.25, 0.3) is 0 Å². The van der Waals surface area contributed by atoms with E-state index in [0.29, 0.717) is 18.7 Å². The summed E-state index contributed by atoms with van der Waals surface area (Å²) < 4.78 is 50.9. The van der Waals surface area contributed by atoms with Gasteiger partial charge in [0.25, 0.3) is 10.2 Å². The van der Waals surface area contributed by atoms with Gasteiger partial charge in [0, 0.05) is 25.4 Å². The summed E-state index contributed by atoms with van der Waals surface area (Å²) in [5, 5.41) is 0. The predicted octanol–water partition coefficient (Wildman–Crippen LogP) is 1.33. The molecule has 0 bridgehead atoms. The van der Waals surface area contributed by atoms with Crippen molar-refractivity contribution < 1.29 is 16.8 Å². The van der Waals surface area contributed by atoms with Gasteiger partial charge in [-0.1, -0.05) is 26.0 Å². The van der Waals surface area contributed by atoms with Crippen LogP contribution in [0.4, 0.5) is 0 Å². The fourth-order valence-electron chi connectivity index (χ4n) is 1.93. The number of rotatable bonds is 7. The van der Waals surface area contributed by atoms with E-state index in [1.165, 1.54) is 16.4 Å². The molecule has 120 valence electrons. The van der Waals surface area contributed by atoms with E-state index in [1.54, 1.807) is 32.9 Å². The van der Waals surface area contributed by atoms with Crippen LogP contribution in [0.1, 0.15) is 32.4 Å². The standard InChI is InChI=1S/C13H22N2O4S2/c1-5-15(6-2)21(18,19)14-11(3)12-7-9-13(10-8-12)20(4,16)17/h7-11,14H,5-6H2,1-4H3/t11-/m0/s1. The molecule has 0 radical (unpaired) electrons. The largest absolute Gasteiger partial charge is 0.279 e. The van der Waals surface area contributed by atoms with E-state index in [4.69, 9.17) is 0 Å². The summed E-state index contributed by atoms with van der Waals surface area (Å²) in [4.78, 5) is 0.213. The van der Waals surface area contributed by atoms with Crippen LogP contribution in [-0.4, -0.2) is 40.5 Å². The first-order chi connectivity index (χ1) is 9.61. The van der Waals surface area contributed by atoms with Crippen molar-refractivity contribution in [2.45, 2.75) is 31.7 Å². The van der Waals surface area contributed by atoms with Crippen LogP contribution in [0.2, 0.25) is 0 Å². The molecule has 0 heterocycles. The topological polar surface area (TPSA) is 83.6 Å². The minimum Gasteiger partial charge on any atom is -0.224 e. The molecule has 21 heavy (non-hydrogen) atoms. The highest BCUT2D eigenvalue weighted by Crippen LogP contribution is 2.17. The lowest BCUT2D eigenvalue weighted by Gasteiger charge is -2.22. The lowest BCUT2D eigenvalue weighted by Crippen LogP contribution is -2.41. The summed E-state index contributed by atoms with van der Waals surface area (Å²) in [6, 6.07) is 5.75. The minimum atomic E-state index is -3.54. The molecule has 1 N–H and O–H groups in total. The number of hydrogen-bond acceptors (Lipinski definition) is 4. The van der Waals surface area contributed by atoms with E-state index in [1.807, 2.05) is 0 Å². The molecular weight excluding hydrogens is 312 g/mol. The Balaban J connectivity index is 2.92. The summed E-state index contributed by atoms with van der Waals surface area (Å²) in [5.41, 5.74) is 0.707. The molecule has 1 aromatic carbocycles. The zero-order valence-electron chi connectivity index (χ0n) is 12.7. The van der Waals surface area contributed by atoms with Crippen LogP contribution in [0.15, 0.2) is 29.2 Å². The average molecular weight is 334 g/mol. The highest BCUT2D eigenvalue weighted by molar-refractivity contribution is 7.90. The Morgan fingerprint density at radius 1 is 1.05 bits per heavy atom. The molecular formula is C13H22N2O4S2. The van der Waals surface area contributed by atoms with Gasteiger partial charge in [0.1, 0.15) is 0 Å². The Kier molecular flexibility index (Phi) is 5.92. The molecule has 0 aliphatic rings. The predicted molar refractivity (Wildman–Crippen MR) is 82.9 cm³/mol. The van der Waals surface area contributed by atoms with Crippen molar-refractivity contribution in [1.29, 1.82) is 0 Å². The first kappa shape index (κ1) is 18.1. The highest BCUT2D eigenvalue weighted by Gasteiger charge is 2.21. The minimum absolute atomic E-state index is 0.213. The third-order valence-electron chi connectivity index (χ3n) is 3.18. The molecule has 0 fully saturated rings. The summed E-state index contributed by atoms with van der Waals surface area (Å²) in [6.45, 7) is 6.05. The van der Waals surface area contributed by atoms with Crippen molar-refractivity contribution in [3.8, 4) is 0 Å². The summed E-state index contributed by atoms with van der Waals surface area (Å²) in [7, 11) is -6.79. The fraction of sp³-hybridized carbons (Fsp3) is 0.538. The molecule has 0 aliphatic carbocycles. The van der Waals surface area contributed by atoms with Gasteiger partial charge in [-0.3, -0.25) is 0 Å². The van der Waals surface area contributed by atoms with Crippen molar-refractivity contribution in [2.75, 3.05) is 19.3 Å². The van der Waals surface area contributed by atoms with Gasteiger partial charge in [0.2, 0.25) is 0 Å². The fourth-order valence-corrected chi connectivity index (χ4v) is 3.98. The normalized spacial score (nSPS) is 14.3. The molecule has 1 atom stereocenters. The van der Waals surface area contributed by atoms with E-state index in [-0.39, 0.29) is 4.90 Å². The quantitative estimate of drug-likeness (QED) is 0.815. The van der Waals surface area contributed by atoms with Crippen molar-refractivity contribution in [3.63, 3.8) is 0 Å². The second kappa shape index (κ2) is 6.87. The van der Waals surface area contributed by atoms with Crippen LogP contribution >= 0.6 is 0 Å². The van der Waals surface area contributed by atoms with Crippen LogP contribution in [-0.2, 0) is 20.0 Å². The molecule has 1 rings (SSSR count). The molecule has 6 nitrogen and oxygen atoms in total. The third-order valence-corrected chi connectivity index (χ3v) is 6.16. The van der Waals surface area contributed by atoms with Crippen molar-refractivity contribution in [2.24, 2.45) is 0 Å². The van der Waals surface area contributed by atoms with Gasteiger partial charge < -0.3 is 0 Å². The van der Waals surface area contributed by atoms with Gasteiger partial charge in [-0.15, -0.1) is 0 Å². The van der Waals surface area contributed by atoms with E-state index in [9.17, 15) is 16.8 Å². The molecule has 0 aromatic heterocycles. The van der Waals surface area contributed by atoms with Crippen LogP contribution in [0.3, 0.4) is 0 Å². The maximum absolute atomic E-state index is 12.1. The van der Waals surface area contributed by atoms with Crippen molar-refractivity contribution in [3.05, 3.63) is 29.8 Å². The first-order valence-corrected chi connectivity index (χ1v) is 10.0. The number of nitrogens with zero attached hydrogens (tertiary/aromatic N) is 1. The van der Waals surface area contributed by atoms with Crippen LogP contribution in [0, 0.1) is 0 Å². The second-order valence-electron chi connectivity index (χ2n) is 4.77. The molecule has 0 spiro atoms. The van der Waals surface area contributed by atoms with Gasteiger partial charge in [0.15, 0.2) is 9.84 Å². The van der Waals surface area contributed by atoms with E-state index < -0.39 is 26.1 Å². The van der Waals surface area contributed by atoms with Crippen molar-refractivity contribution >= 4 is 20.0 Å². The summed E-state index contributed by atoms with van der Waals surface area (Å²) in [6.07, 6.45) is 1.13. The molecule has 0 unspecified atom stereocenters. The van der Waals surface area contributed by atoms with Gasteiger partial charge in [-0.25, -0.2) is 8.42 Å².